The van der Waals surface area contributed by atoms with E-state index in [9.17, 15) is 14.0 Å². The highest BCUT2D eigenvalue weighted by Crippen LogP contribution is 2.15. The third kappa shape index (κ3) is 3.73. The summed E-state index contributed by atoms with van der Waals surface area (Å²) in [5, 5.41) is 6.87. The lowest BCUT2D eigenvalue weighted by Crippen LogP contribution is -2.29. The van der Waals surface area contributed by atoms with E-state index in [0.29, 0.717) is 16.9 Å². The van der Waals surface area contributed by atoms with Crippen molar-refractivity contribution in [2.45, 2.75) is 6.54 Å². The fraction of sp³-hybridized carbons (Fsp3) is 0.0556. The van der Waals surface area contributed by atoms with E-state index < -0.39 is 0 Å². The highest BCUT2D eigenvalue weighted by molar-refractivity contribution is 5.90. The van der Waals surface area contributed by atoms with Gasteiger partial charge in [-0.25, -0.2) is 9.07 Å². The summed E-state index contributed by atoms with van der Waals surface area (Å²) in [6.07, 6.45) is 0. The summed E-state index contributed by atoms with van der Waals surface area (Å²) >= 11 is 0. The van der Waals surface area contributed by atoms with Gasteiger partial charge >= 0.3 is 0 Å². The van der Waals surface area contributed by atoms with Crippen LogP contribution in [0.3, 0.4) is 0 Å². The van der Waals surface area contributed by atoms with Gasteiger partial charge in [0.15, 0.2) is 0 Å². The minimum atomic E-state index is -0.385. The average molecular weight is 323 g/mol. The minimum Gasteiger partial charge on any atom is -0.324 e. The molecule has 1 heterocycles. The summed E-state index contributed by atoms with van der Waals surface area (Å²) in [5.41, 5.74) is 1.41. The van der Waals surface area contributed by atoms with Crippen LogP contribution in [0.1, 0.15) is 0 Å². The molecule has 0 saturated carbocycles. The number of carbonyl (C=O) groups excluding carboxylic acids is 1. The fourth-order valence-electron chi connectivity index (χ4n) is 2.19. The standard InChI is InChI=1S/C18H14FN3O2/c19-14-8-6-13(7-9-14)16-10-11-18(24)22(21-16)12-17(23)20-15-4-2-1-3-5-15/h1-11H,12H2,(H,20,23). The van der Waals surface area contributed by atoms with Crippen LogP contribution in [0.4, 0.5) is 10.1 Å². The molecule has 6 heteroatoms. The zero-order chi connectivity index (χ0) is 16.9. The summed E-state index contributed by atoms with van der Waals surface area (Å²) in [7, 11) is 0. The monoisotopic (exact) mass is 323 g/mol. The van der Waals surface area contributed by atoms with Gasteiger partial charge in [-0.05, 0) is 42.5 Å². The average Bonchev–Trinajstić information content (AvgIpc) is 2.58. The number of benzene rings is 2. The Labute approximate surface area is 137 Å². The van der Waals surface area contributed by atoms with Crippen molar-refractivity contribution in [1.82, 2.24) is 9.78 Å². The lowest BCUT2D eigenvalue weighted by molar-refractivity contribution is -0.117. The maximum absolute atomic E-state index is 13.0. The second-order valence-electron chi connectivity index (χ2n) is 5.14. The molecule has 2 aromatic carbocycles. The number of rotatable bonds is 4. The van der Waals surface area contributed by atoms with Gasteiger partial charge in [-0.2, -0.15) is 5.10 Å². The maximum atomic E-state index is 13.0. The summed E-state index contributed by atoms with van der Waals surface area (Å²) in [4.78, 5) is 24.0. The van der Waals surface area contributed by atoms with E-state index in [4.69, 9.17) is 0 Å². The van der Waals surface area contributed by atoms with E-state index in [1.54, 1.807) is 42.5 Å². The topological polar surface area (TPSA) is 64.0 Å². The van der Waals surface area contributed by atoms with Crippen molar-refractivity contribution in [3.63, 3.8) is 0 Å². The van der Waals surface area contributed by atoms with E-state index >= 15 is 0 Å². The van der Waals surface area contributed by atoms with Gasteiger partial charge in [0.2, 0.25) is 5.91 Å². The van der Waals surface area contributed by atoms with Crippen molar-refractivity contribution < 1.29 is 9.18 Å². The molecule has 3 aromatic rings. The zero-order valence-corrected chi connectivity index (χ0v) is 12.6. The number of nitrogens with one attached hydrogen (secondary N) is 1. The van der Waals surface area contributed by atoms with E-state index in [-0.39, 0.29) is 23.8 Å². The second-order valence-corrected chi connectivity index (χ2v) is 5.14. The molecule has 1 N–H and O–H groups in total. The molecule has 5 nitrogen and oxygen atoms in total. The van der Waals surface area contributed by atoms with Gasteiger partial charge in [-0.15, -0.1) is 0 Å². The molecular weight excluding hydrogens is 309 g/mol. The van der Waals surface area contributed by atoms with Crippen LogP contribution >= 0.6 is 0 Å². The molecule has 0 radical (unpaired) electrons. The van der Waals surface area contributed by atoms with Crippen LogP contribution in [0, 0.1) is 5.82 Å². The Morgan fingerprint density at radius 3 is 2.42 bits per heavy atom. The Morgan fingerprint density at radius 2 is 1.71 bits per heavy atom. The molecule has 0 unspecified atom stereocenters. The molecule has 0 fully saturated rings. The van der Waals surface area contributed by atoms with Crippen LogP contribution in [0.2, 0.25) is 0 Å². The van der Waals surface area contributed by atoms with E-state index in [1.807, 2.05) is 6.07 Å². The van der Waals surface area contributed by atoms with Gasteiger partial charge in [0.25, 0.3) is 5.56 Å². The molecule has 3 rings (SSSR count). The normalized spacial score (nSPS) is 10.4. The Kier molecular flexibility index (Phi) is 4.47. The number of hydrogen-bond donors (Lipinski definition) is 1. The van der Waals surface area contributed by atoms with Gasteiger partial charge in [0.05, 0.1) is 5.69 Å². The SMILES string of the molecule is O=C(Cn1nc(-c2ccc(F)cc2)ccc1=O)Nc1ccccc1. The van der Waals surface area contributed by atoms with E-state index in [2.05, 4.69) is 10.4 Å². The number of nitrogens with zero attached hydrogens (tertiary/aromatic N) is 2. The van der Waals surface area contributed by atoms with Crippen molar-refractivity contribution >= 4 is 11.6 Å². The molecule has 0 bridgehead atoms. The molecule has 0 spiro atoms. The van der Waals surface area contributed by atoms with Crippen molar-refractivity contribution in [2.75, 3.05) is 5.32 Å². The van der Waals surface area contributed by atoms with Crippen LogP contribution in [0.15, 0.2) is 71.5 Å². The molecule has 0 aliphatic heterocycles. The largest absolute Gasteiger partial charge is 0.324 e. The van der Waals surface area contributed by atoms with E-state index in [0.717, 1.165) is 4.68 Å². The first kappa shape index (κ1) is 15.6. The first-order valence-corrected chi connectivity index (χ1v) is 7.31. The van der Waals surface area contributed by atoms with Crippen LogP contribution in [-0.2, 0) is 11.3 Å². The zero-order valence-electron chi connectivity index (χ0n) is 12.6. The van der Waals surface area contributed by atoms with Gasteiger partial charge in [0, 0.05) is 17.3 Å². The third-order valence-electron chi connectivity index (χ3n) is 3.36. The van der Waals surface area contributed by atoms with Gasteiger partial charge < -0.3 is 5.32 Å². The highest BCUT2D eigenvalue weighted by Gasteiger charge is 2.08. The minimum absolute atomic E-state index is 0.206. The molecular formula is C18H14FN3O2. The Hall–Kier alpha value is -3.28. The quantitative estimate of drug-likeness (QED) is 0.803. The van der Waals surface area contributed by atoms with Crippen molar-refractivity contribution in [1.29, 1.82) is 0 Å². The first-order valence-electron chi connectivity index (χ1n) is 7.31. The fourth-order valence-corrected chi connectivity index (χ4v) is 2.19. The highest BCUT2D eigenvalue weighted by atomic mass is 19.1. The molecule has 0 saturated heterocycles. The van der Waals surface area contributed by atoms with Crippen LogP contribution in [0.5, 0.6) is 0 Å². The molecule has 120 valence electrons. The number of carbonyl (C=O) groups is 1. The van der Waals surface area contributed by atoms with Crippen molar-refractivity contribution in [3.8, 4) is 11.3 Å². The molecule has 0 aliphatic rings. The third-order valence-corrected chi connectivity index (χ3v) is 3.36. The number of aromatic nitrogens is 2. The Balaban J connectivity index is 1.80. The first-order chi connectivity index (χ1) is 11.6. The summed E-state index contributed by atoms with van der Waals surface area (Å²) in [6.45, 7) is -0.206. The van der Waals surface area contributed by atoms with Crippen LogP contribution < -0.4 is 10.9 Å². The van der Waals surface area contributed by atoms with Crippen LogP contribution in [-0.4, -0.2) is 15.7 Å². The summed E-state index contributed by atoms with van der Waals surface area (Å²) in [5.74, 6) is -0.707. The van der Waals surface area contributed by atoms with E-state index in [1.165, 1.54) is 18.2 Å². The molecule has 1 amide bonds. The maximum Gasteiger partial charge on any atom is 0.267 e. The van der Waals surface area contributed by atoms with Gasteiger partial charge in [-0.3, -0.25) is 9.59 Å². The number of halogens is 1. The van der Waals surface area contributed by atoms with Crippen molar-refractivity contribution in [2.24, 2.45) is 0 Å². The second kappa shape index (κ2) is 6.87. The van der Waals surface area contributed by atoms with Gasteiger partial charge in [-0.1, -0.05) is 18.2 Å². The predicted molar refractivity (Wildman–Crippen MR) is 89.0 cm³/mol. The summed E-state index contributed by atoms with van der Waals surface area (Å²) < 4.78 is 14.1. The number of amides is 1. The molecule has 0 aliphatic carbocycles. The number of hydrogen-bond acceptors (Lipinski definition) is 3. The number of anilines is 1. The lowest BCUT2D eigenvalue weighted by atomic mass is 10.1. The Bertz CT molecular complexity index is 906. The number of para-hydroxylation sites is 1. The molecule has 1 aromatic heterocycles. The molecule has 0 atom stereocenters. The smallest absolute Gasteiger partial charge is 0.267 e. The lowest BCUT2D eigenvalue weighted by Gasteiger charge is -2.08. The van der Waals surface area contributed by atoms with Gasteiger partial charge in [0.1, 0.15) is 12.4 Å². The van der Waals surface area contributed by atoms with Crippen LogP contribution in [0.25, 0.3) is 11.3 Å². The molecule has 24 heavy (non-hydrogen) atoms. The predicted octanol–water partition coefficient (Wildman–Crippen LogP) is 2.69. The summed E-state index contributed by atoms with van der Waals surface area (Å²) in [6, 6.07) is 17.6. The van der Waals surface area contributed by atoms with Crippen molar-refractivity contribution in [3.05, 3.63) is 82.9 Å². The Morgan fingerprint density at radius 1 is 1.00 bits per heavy atom.